The molecule has 3 heteroatoms. The van der Waals surface area contributed by atoms with E-state index in [9.17, 15) is 4.79 Å². The van der Waals surface area contributed by atoms with Crippen molar-refractivity contribution in [3.05, 3.63) is 0 Å². The molecule has 112 valence electrons. The minimum absolute atomic E-state index is 0.154. The van der Waals surface area contributed by atoms with Gasteiger partial charge in [-0.05, 0) is 50.9 Å². The number of amides is 1. The molecular weight excluding hydrogens is 238 g/mol. The summed E-state index contributed by atoms with van der Waals surface area (Å²) in [5, 5.41) is 0. The lowest BCUT2D eigenvalue weighted by atomic mass is 9.72. The lowest BCUT2D eigenvalue weighted by molar-refractivity contribution is 0.00817. The first-order valence-corrected chi connectivity index (χ1v) is 7.48. The van der Waals surface area contributed by atoms with E-state index in [1.165, 1.54) is 6.42 Å². The molecular formula is C16H31NO2. The quantitative estimate of drug-likeness (QED) is 0.709. The number of carbonyl (C=O) groups excluding carboxylic acids is 1. The van der Waals surface area contributed by atoms with Crippen LogP contribution in [0.4, 0.5) is 4.79 Å². The van der Waals surface area contributed by atoms with E-state index in [0.717, 1.165) is 19.5 Å². The molecule has 1 saturated heterocycles. The summed E-state index contributed by atoms with van der Waals surface area (Å²) < 4.78 is 5.48. The second kappa shape index (κ2) is 5.72. The van der Waals surface area contributed by atoms with Gasteiger partial charge in [-0.2, -0.15) is 0 Å². The second-order valence-corrected chi connectivity index (χ2v) is 7.98. The van der Waals surface area contributed by atoms with E-state index >= 15 is 0 Å². The number of ether oxygens (including phenoxy) is 1. The first kappa shape index (κ1) is 16.3. The summed E-state index contributed by atoms with van der Waals surface area (Å²) in [6.07, 6.45) is 2.15. The van der Waals surface area contributed by atoms with E-state index in [2.05, 4.69) is 27.7 Å². The Morgan fingerprint density at radius 3 is 2.26 bits per heavy atom. The van der Waals surface area contributed by atoms with Crippen LogP contribution in [0.3, 0.4) is 0 Å². The smallest absolute Gasteiger partial charge is 0.410 e. The van der Waals surface area contributed by atoms with E-state index in [4.69, 9.17) is 4.74 Å². The van der Waals surface area contributed by atoms with Gasteiger partial charge in [-0.15, -0.1) is 0 Å². The molecule has 1 heterocycles. The van der Waals surface area contributed by atoms with E-state index in [-0.39, 0.29) is 6.09 Å². The molecule has 0 aromatic heterocycles. The van der Waals surface area contributed by atoms with Crippen LogP contribution in [-0.2, 0) is 4.74 Å². The number of likely N-dealkylation sites (tertiary alicyclic amines) is 1. The van der Waals surface area contributed by atoms with Gasteiger partial charge < -0.3 is 9.64 Å². The third-order valence-corrected chi connectivity index (χ3v) is 4.18. The second-order valence-electron chi connectivity index (χ2n) is 7.98. The molecule has 19 heavy (non-hydrogen) atoms. The van der Waals surface area contributed by atoms with Crippen molar-refractivity contribution in [2.45, 2.75) is 66.9 Å². The monoisotopic (exact) mass is 269 g/mol. The first-order valence-electron chi connectivity index (χ1n) is 7.48. The van der Waals surface area contributed by atoms with E-state index in [1.807, 2.05) is 25.7 Å². The lowest BCUT2D eigenvalue weighted by Gasteiger charge is -2.41. The maximum Gasteiger partial charge on any atom is 0.410 e. The lowest BCUT2D eigenvalue weighted by Crippen LogP contribution is -2.45. The largest absolute Gasteiger partial charge is 0.444 e. The molecule has 0 bridgehead atoms. The van der Waals surface area contributed by atoms with Crippen LogP contribution in [0.1, 0.15) is 61.3 Å². The van der Waals surface area contributed by atoms with Gasteiger partial charge in [0.15, 0.2) is 0 Å². The number of carbonyl (C=O) groups is 1. The zero-order valence-electron chi connectivity index (χ0n) is 13.7. The SMILES string of the molecule is CC(C1CCCN(C(=O)OC(C)(C)C)C1)C(C)(C)C. The maximum absolute atomic E-state index is 12.1. The fourth-order valence-corrected chi connectivity index (χ4v) is 2.62. The molecule has 2 atom stereocenters. The average molecular weight is 269 g/mol. The molecule has 0 spiro atoms. The van der Waals surface area contributed by atoms with Gasteiger partial charge in [0, 0.05) is 13.1 Å². The third-order valence-electron chi connectivity index (χ3n) is 4.18. The summed E-state index contributed by atoms with van der Waals surface area (Å²) in [5.74, 6) is 1.19. The molecule has 0 aromatic rings. The van der Waals surface area contributed by atoms with Crippen LogP contribution < -0.4 is 0 Å². The molecule has 1 rings (SSSR count). The van der Waals surface area contributed by atoms with Crippen LogP contribution in [0.5, 0.6) is 0 Å². The van der Waals surface area contributed by atoms with Crippen LogP contribution in [0.2, 0.25) is 0 Å². The molecule has 0 aromatic carbocycles. The van der Waals surface area contributed by atoms with Crippen molar-refractivity contribution in [2.24, 2.45) is 17.3 Å². The zero-order chi connectivity index (χ0) is 14.8. The molecule has 1 fully saturated rings. The summed E-state index contributed by atoms with van der Waals surface area (Å²) in [4.78, 5) is 14.0. The predicted octanol–water partition coefficient (Wildman–Crippen LogP) is 4.32. The van der Waals surface area contributed by atoms with Crippen molar-refractivity contribution in [1.29, 1.82) is 0 Å². The summed E-state index contributed by atoms with van der Waals surface area (Å²) >= 11 is 0. The molecule has 1 amide bonds. The molecule has 1 aliphatic rings. The van der Waals surface area contributed by atoms with Gasteiger partial charge in [0.25, 0.3) is 0 Å². The standard InChI is InChI=1S/C16H31NO2/c1-12(15(2,3)4)13-9-8-10-17(11-13)14(18)19-16(5,6)7/h12-13H,8-11H2,1-7H3. The Balaban J connectivity index is 2.62. The number of hydrogen-bond acceptors (Lipinski definition) is 2. The van der Waals surface area contributed by atoms with Crippen LogP contribution in [0, 0.1) is 17.3 Å². The molecule has 1 aliphatic heterocycles. The average Bonchev–Trinajstić information content (AvgIpc) is 2.24. The van der Waals surface area contributed by atoms with Gasteiger partial charge in [-0.1, -0.05) is 27.7 Å². The predicted molar refractivity (Wildman–Crippen MR) is 79.2 cm³/mol. The van der Waals surface area contributed by atoms with Gasteiger partial charge in [0.2, 0.25) is 0 Å². The summed E-state index contributed by atoms with van der Waals surface area (Å²) in [7, 11) is 0. The topological polar surface area (TPSA) is 29.5 Å². The number of piperidine rings is 1. The zero-order valence-corrected chi connectivity index (χ0v) is 13.7. The van der Waals surface area contributed by atoms with Crippen molar-refractivity contribution in [3.63, 3.8) is 0 Å². The Morgan fingerprint density at radius 2 is 1.79 bits per heavy atom. The van der Waals surface area contributed by atoms with Crippen LogP contribution in [0.15, 0.2) is 0 Å². The van der Waals surface area contributed by atoms with Crippen LogP contribution in [0.25, 0.3) is 0 Å². The van der Waals surface area contributed by atoms with E-state index in [0.29, 0.717) is 17.3 Å². The minimum Gasteiger partial charge on any atom is -0.444 e. The Labute approximate surface area is 118 Å². The fraction of sp³-hybridized carbons (Fsp3) is 0.938. The van der Waals surface area contributed by atoms with Crippen LogP contribution in [-0.4, -0.2) is 29.7 Å². The Morgan fingerprint density at radius 1 is 1.21 bits per heavy atom. The maximum atomic E-state index is 12.1. The highest BCUT2D eigenvalue weighted by molar-refractivity contribution is 5.68. The summed E-state index contributed by atoms with van der Waals surface area (Å²) in [5.41, 5.74) is -0.110. The minimum atomic E-state index is -0.403. The van der Waals surface area contributed by atoms with Crippen molar-refractivity contribution in [2.75, 3.05) is 13.1 Å². The Kier molecular flexibility index (Phi) is 4.91. The number of rotatable bonds is 1. The highest BCUT2D eigenvalue weighted by Crippen LogP contribution is 2.36. The van der Waals surface area contributed by atoms with Gasteiger partial charge in [-0.3, -0.25) is 0 Å². The highest BCUT2D eigenvalue weighted by Gasteiger charge is 2.34. The number of nitrogens with zero attached hydrogens (tertiary/aromatic N) is 1. The third kappa shape index (κ3) is 5.04. The molecule has 0 radical (unpaired) electrons. The molecule has 3 nitrogen and oxygen atoms in total. The summed E-state index contributed by atoms with van der Waals surface area (Å²) in [6, 6.07) is 0. The Hall–Kier alpha value is -0.730. The molecule has 0 saturated carbocycles. The van der Waals surface area contributed by atoms with Crippen molar-refractivity contribution in [3.8, 4) is 0 Å². The van der Waals surface area contributed by atoms with E-state index in [1.54, 1.807) is 0 Å². The highest BCUT2D eigenvalue weighted by atomic mass is 16.6. The van der Waals surface area contributed by atoms with Crippen molar-refractivity contribution < 1.29 is 9.53 Å². The first-order chi connectivity index (χ1) is 8.50. The molecule has 0 N–H and O–H groups in total. The van der Waals surface area contributed by atoms with Crippen molar-refractivity contribution in [1.82, 2.24) is 4.90 Å². The molecule has 0 aliphatic carbocycles. The van der Waals surface area contributed by atoms with E-state index < -0.39 is 5.60 Å². The van der Waals surface area contributed by atoms with Gasteiger partial charge in [0.05, 0.1) is 0 Å². The van der Waals surface area contributed by atoms with Gasteiger partial charge in [0.1, 0.15) is 5.60 Å². The van der Waals surface area contributed by atoms with Crippen molar-refractivity contribution >= 4 is 6.09 Å². The summed E-state index contributed by atoms with van der Waals surface area (Å²) in [6.45, 7) is 16.6. The normalized spacial score (nSPS) is 23.1. The molecule has 2 unspecified atom stereocenters. The van der Waals surface area contributed by atoms with Crippen LogP contribution >= 0.6 is 0 Å². The van der Waals surface area contributed by atoms with Gasteiger partial charge in [-0.25, -0.2) is 4.79 Å². The fourth-order valence-electron chi connectivity index (χ4n) is 2.62. The Bertz CT molecular complexity index is 312. The number of hydrogen-bond donors (Lipinski definition) is 0. The van der Waals surface area contributed by atoms with Gasteiger partial charge >= 0.3 is 6.09 Å².